The number of aromatic nitrogens is 1. The highest BCUT2D eigenvalue weighted by molar-refractivity contribution is 6.46. The van der Waals surface area contributed by atoms with E-state index in [1.165, 1.54) is 0 Å². The number of aliphatic hydroxyl groups excluding tert-OH is 1. The van der Waals surface area contributed by atoms with Crippen molar-refractivity contribution >= 4 is 29.9 Å². The number of likely N-dealkylation sites (tertiary alicyclic amines) is 1. The van der Waals surface area contributed by atoms with Gasteiger partial charge in [-0.3, -0.25) is 14.6 Å². The number of halogens is 1. The van der Waals surface area contributed by atoms with E-state index in [4.69, 9.17) is 0 Å². The van der Waals surface area contributed by atoms with Crippen LogP contribution in [0.3, 0.4) is 0 Å². The van der Waals surface area contributed by atoms with Gasteiger partial charge < -0.3 is 14.9 Å². The Labute approximate surface area is 196 Å². The number of hydrogen-bond donors (Lipinski definition) is 1. The Morgan fingerprint density at radius 2 is 1.88 bits per heavy atom. The molecule has 3 rings (SSSR count). The normalized spacial score (nSPS) is 17.7. The predicted molar refractivity (Wildman–Crippen MR) is 129 cm³/mol. The van der Waals surface area contributed by atoms with E-state index in [9.17, 15) is 14.7 Å². The Morgan fingerprint density at radius 1 is 1.16 bits per heavy atom. The average Bonchev–Trinajstić information content (AvgIpc) is 3.03. The Balaban J connectivity index is 0.00000363. The molecule has 1 aromatic heterocycles. The summed E-state index contributed by atoms with van der Waals surface area (Å²) in [7, 11) is 0. The van der Waals surface area contributed by atoms with Gasteiger partial charge in [0.15, 0.2) is 0 Å². The molecule has 1 unspecified atom stereocenters. The van der Waals surface area contributed by atoms with E-state index in [0.717, 1.165) is 42.7 Å². The van der Waals surface area contributed by atoms with Gasteiger partial charge in [-0.25, -0.2) is 0 Å². The van der Waals surface area contributed by atoms with Gasteiger partial charge in [0.2, 0.25) is 0 Å². The Morgan fingerprint density at radius 3 is 2.50 bits per heavy atom. The number of Topliss-reactive ketones (excluding diaryl/α,β-unsaturated/α-hetero) is 1. The van der Waals surface area contributed by atoms with Crippen molar-refractivity contribution < 1.29 is 14.7 Å². The first-order chi connectivity index (χ1) is 14.9. The number of nitrogens with zero attached hydrogens (tertiary/aromatic N) is 3. The third-order valence-corrected chi connectivity index (χ3v) is 5.96. The summed E-state index contributed by atoms with van der Waals surface area (Å²) < 4.78 is 0. The number of amides is 1. The Kier molecular flexibility index (Phi) is 8.99. The monoisotopic (exact) mass is 457 g/mol. The second kappa shape index (κ2) is 11.2. The van der Waals surface area contributed by atoms with Gasteiger partial charge in [-0.2, -0.15) is 0 Å². The lowest BCUT2D eigenvalue weighted by atomic mass is 9.94. The number of carbonyl (C=O) groups excluding carboxylic acids is 2. The lowest BCUT2D eigenvalue weighted by molar-refractivity contribution is -0.140. The molecule has 7 heteroatoms. The molecule has 0 aliphatic carbocycles. The molecule has 2 heterocycles. The van der Waals surface area contributed by atoms with E-state index in [-0.39, 0.29) is 23.7 Å². The smallest absolute Gasteiger partial charge is 0.295 e. The lowest BCUT2D eigenvalue weighted by Gasteiger charge is -2.26. The number of carbonyl (C=O) groups is 2. The lowest BCUT2D eigenvalue weighted by Crippen LogP contribution is -2.33. The van der Waals surface area contributed by atoms with Gasteiger partial charge in [0, 0.05) is 24.5 Å². The van der Waals surface area contributed by atoms with Crippen LogP contribution in [0.25, 0.3) is 5.76 Å². The fourth-order valence-corrected chi connectivity index (χ4v) is 4.14. The molecule has 1 amide bonds. The van der Waals surface area contributed by atoms with Gasteiger partial charge >= 0.3 is 0 Å². The van der Waals surface area contributed by atoms with Crippen LogP contribution < -0.4 is 0 Å². The van der Waals surface area contributed by atoms with Crippen molar-refractivity contribution in [1.29, 1.82) is 0 Å². The molecule has 1 fully saturated rings. The molecule has 32 heavy (non-hydrogen) atoms. The van der Waals surface area contributed by atoms with E-state index in [1.807, 2.05) is 38.1 Å². The zero-order chi connectivity index (χ0) is 22.5. The van der Waals surface area contributed by atoms with Crippen molar-refractivity contribution in [3.8, 4) is 0 Å². The van der Waals surface area contributed by atoms with Crippen LogP contribution in [0, 0.1) is 13.8 Å². The maximum Gasteiger partial charge on any atom is 0.295 e. The topological polar surface area (TPSA) is 73.7 Å². The SMILES string of the molecule is CCN(CC)CCCN1C(=O)C(=O)C(=C(O)c2cc(C)ccc2C)C1c1cccnc1.Cl. The van der Waals surface area contributed by atoms with Gasteiger partial charge in [-0.1, -0.05) is 37.6 Å². The summed E-state index contributed by atoms with van der Waals surface area (Å²) >= 11 is 0. The highest BCUT2D eigenvalue weighted by atomic mass is 35.5. The second-order valence-electron chi connectivity index (χ2n) is 7.98. The van der Waals surface area contributed by atoms with Crippen LogP contribution in [-0.2, 0) is 9.59 Å². The number of aliphatic hydroxyl groups is 1. The molecule has 1 aliphatic rings. The van der Waals surface area contributed by atoms with Crippen molar-refractivity contribution in [3.63, 3.8) is 0 Å². The number of aryl methyl sites for hydroxylation is 2. The molecule has 172 valence electrons. The fourth-order valence-electron chi connectivity index (χ4n) is 4.14. The van der Waals surface area contributed by atoms with Crippen LogP contribution in [0.1, 0.15) is 48.6 Å². The zero-order valence-corrected chi connectivity index (χ0v) is 20.0. The van der Waals surface area contributed by atoms with Crippen LogP contribution in [0.5, 0.6) is 0 Å². The molecule has 0 radical (unpaired) electrons. The second-order valence-corrected chi connectivity index (χ2v) is 7.98. The summed E-state index contributed by atoms with van der Waals surface area (Å²) in [6.07, 6.45) is 4.06. The van der Waals surface area contributed by atoms with Gasteiger partial charge in [-0.05, 0) is 63.2 Å². The van der Waals surface area contributed by atoms with Gasteiger partial charge in [0.25, 0.3) is 11.7 Å². The summed E-state index contributed by atoms with van der Waals surface area (Å²) in [5.74, 6) is -1.34. The maximum absolute atomic E-state index is 13.1. The zero-order valence-electron chi connectivity index (χ0n) is 19.2. The molecule has 1 atom stereocenters. The van der Waals surface area contributed by atoms with Crippen molar-refractivity contribution in [1.82, 2.24) is 14.8 Å². The van der Waals surface area contributed by atoms with E-state index in [2.05, 4.69) is 23.7 Å². The summed E-state index contributed by atoms with van der Waals surface area (Å²) in [6, 6.07) is 8.68. The molecular weight excluding hydrogens is 426 g/mol. The third-order valence-electron chi connectivity index (χ3n) is 5.96. The molecule has 1 aromatic carbocycles. The van der Waals surface area contributed by atoms with E-state index < -0.39 is 17.7 Å². The van der Waals surface area contributed by atoms with Crippen LogP contribution >= 0.6 is 12.4 Å². The van der Waals surface area contributed by atoms with Crippen LogP contribution in [0.4, 0.5) is 0 Å². The quantitative estimate of drug-likeness (QED) is 0.364. The van der Waals surface area contributed by atoms with Crippen molar-refractivity contribution in [3.05, 3.63) is 70.6 Å². The molecular formula is C25H32ClN3O3. The molecule has 6 nitrogen and oxygen atoms in total. The van der Waals surface area contributed by atoms with Gasteiger partial charge in [0.05, 0.1) is 11.6 Å². The highest BCUT2D eigenvalue weighted by Gasteiger charge is 2.46. The number of rotatable bonds is 8. The van der Waals surface area contributed by atoms with Crippen molar-refractivity contribution in [2.75, 3.05) is 26.2 Å². The minimum absolute atomic E-state index is 0. The molecule has 1 aliphatic heterocycles. The summed E-state index contributed by atoms with van der Waals surface area (Å²) in [4.78, 5) is 34.1. The van der Waals surface area contributed by atoms with E-state index in [1.54, 1.807) is 23.4 Å². The number of hydrogen-bond acceptors (Lipinski definition) is 5. The summed E-state index contributed by atoms with van der Waals surface area (Å²) in [5.41, 5.74) is 3.25. The minimum atomic E-state index is -0.648. The first-order valence-corrected chi connectivity index (χ1v) is 10.9. The Bertz CT molecular complexity index is 987. The van der Waals surface area contributed by atoms with Crippen LogP contribution in [0.15, 0.2) is 48.3 Å². The maximum atomic E-state index is 13.1. The predicted octanol–water partition coefficient (Wildman–Crippen LogP) is 4.27. The standard InChI is InChI=1S/C25H31N3O3.ClH/c1-5-27(6-2)13-8-14-28-22(19-9-7-12-26-16-19)21(24(30)25(28)31)23(29)20-15-17(3)10-11-18(20)4;/h7,9-12,15-16,22,29H,5-6,8,13-14H2,1-4H3;1H. The third kappa shape index (κ3) is 5.19. The molecule has 1 N–H and O–H groups in total. The fraction of sp³-hybridized carbons (Fsp3) is 0.400. The first kappa shape index (κ1) is 25.6. The van der Waals surface area contributed by atoms with Crippen molar-refractivity contribution in [2.45, 2.75) is 40.2 Å². The molecule has 0 spiro atoms. The average molecular weight is 458 g/mol. The number of pyridine rings is 1. The highest BCUT2D eigenvalue weighted by Crippen LogP contribution is 2.39. The summed E-state index contributed by atoms with van der Waals surface area (Å²) in [6.45, 7) is 11.2. The summed E-state index contributed by atoms with van der Waals surface area (Å²) in [5, 5.41) is 11.2. The van der Waals surface area contributed by atoms with Gasteiger partial charge in [-0.15, -0.1) is 12.4 Å². The first-order valence-electron chi connectivity index (χ1n) is 10.9. The number of benzene rings is 1. The largest absolute Gasteiger partial charge is 0.507 e. The molecule has 0 bridgehead atoms. The molecule has 0 saturated carbocycles. The van der Waals surface area contributed by atoms with Crippen LogP contribution in [0.2, 0.25) is 0 Å². The van der Waals surface area contributed by atoms with Crippen molar-refractivity contribution in [2.24, 2.45) is 0 Å². The van der Waals surface area contributed by atoms with E-state index in [0.29, 0.717) is 12.1 Å². The molecule has 2 aromatic rings. The molecule has 1 saturated heterocycles. The Hall–Kier alpha value is -2.70. The minimum Gasteiger partial charge on any atom is -0.507 e. The van der Waals surface area contributed by atoms with Gasteiger partial charge in [0.1, 0.15) is 5.76 Å². The number of ketones is 1. The van der Waals surface area contributed by atoms with E-state index >= 15 is 0 Å². The van der Waals surface area contributed by atoms with Crippen LogP contribution in [-0.4, -0.2) is 57.8 Å².